The minimum Gasteiger partial charge on any atom is -0.349 e. The second-order valence-electron chi connectivity index (χ2n) is 5.74. The number of carbonyl (C=O) groups excluding carboxylic acids is 1. The fourth-order valence-corrected chi connectivity index (χ4v) is 3.32. The molecule has 4 nitrogen and oxygen atoms in total. The minimum atomic E-state index is 0.126. The third-order valence-electron chi connectivity index (χ3n) is 4.43. The van der Waals surface area contributed by atoms with Crippen molar-refractivity contribution in [1.82, 2.24) is 10.6 Å². The van der Waals surface area contributed by atoms with Gasteiger partial charge in [-0.1, -0.05) is 12.1 Å². The monoisotopic (exact) mass is 257 g/mol. The van der Waals surface area contributed by atoms with Gasteiger partial charge in [-0.25, -0.2) is 0 Å². The Kier molecular flexibility index (Phi) is 2.52. The minimum absolute atomic E-state index is 0.126. The van der Waals surface area contributed by atoms with Crippen LogP contribution in [0.4, 0.5) is 5.69 Å². The molecule has 0 unspecified atom stereocenters. The summed E-state index contributed by atoms with van der Waals surface area (Å²) in [7, 11) is 0. The number of anilines is 1. The summed E-state index contributed by atoms with van der Waals surface area (Å²) in [4.78, 5) is 14.8. The normalized spacial score (nSPS) is 26.2. The molecule has 19 heavy (non-hydrogen) atoms. The van der Waals surface area contributed by atoms with Gasteiger partial charge in [0.2, 0.25) is 0 Å². The third kappa shape index (κ3) is 1.82. The van der Waals surface area contributed by atoms with Gasteiger partial charge in [0.1, 0.15) is 6.17 Å². The van der Waals surface area contributed by atoms with Gasteiger partial charge in [0.25, 0.3) is 5.91 Å². The lowest BCUT2D eigenvalue weighted by Gasteiger charge is -2.38. The lowest BCUT2D eigenvalue weighted by Crippen LogP contribution is -2.53. The molecule has 1 amide bonds. The maximum Gasteiger partial charge on any atom is 0.255 e. The van der Waals surface area contributed by atoms with Crippen LogP contribution in [0.1, 0.15) is 41.1 Å². The van der Waals surface area contributed by atoms with Gasteiger partial charge < -0.3 is 15.5 Å². The van der Waals surface area contributed by atoms with E-state index in [-0.39, 0.29) is 12.1 Å². The molecule has 2 fully saturated rings. The average Bonchev–Trinajstić information content (AvgIpc) is 3.25. The van der Waals surface area contributed by atoms with Gasteiger partial charge in [-0.15, -0.1) is 0 Å². The van der Waals surface area contributed by atoms with Crippen molar-refractivity contribution in [2.24, 2.45) is 0 Å². The van der Waals surface area contributed by atoms with E-state index in [1.54, 1.807) is 0 Å². The Hall–Kier alpha value is -1.55. The molecule has 0 radical (unpaired) electrons. The summed E-state index contributed by atoms with van der Waals surface area (Å²) >= 11 is 0. The van der Waals surface area contributed by atoms with Crippen LogP contribution in [0.15, 0.2) is 18.2 Å². The van der Waals surface area contributed by atoms with E-state index in [4.69, 9.17) is 0 Å². The number of nitrogens with one attached hydrogen (secondary N) is 2. The molecule has 2 aliphatic heterocycles. The maximum absolute atomic E-state index is 12.4. The Balaban J connectivity index is 1.81. The number of fused-ring (bicyclic) bond motifs is 3. The lowest BCUT2D eigenvalue weighted by atomic mass is 9.97. The lowest BCUT2D eigenvalue weighted by molar-refractivity contribution is 0.0925. The zero-order valence-corrected chi connectivity index (χ0v) is 11.0. The SMILES string of the molecule is O=C1N[C@@H]2CCNCCN2c2cccc(C3CC3)c21. The van der Waals surface area contributed by atoms with Crippen LogP contribution < -0.4 is 15.5 Å². The summed E-state index contributed by atoms with van der Waals surface area (Å²) in [5.41, 5.74) is 3.33. The predicted octanol–water partition coefficient (Wildman–Crippen LogP) is 1.43. The van der Waals surface area contributed by atoms with Crippen molar-refractivity contribution in [3.05, 3.63) is 29.3 Å². The van der Waals surface area contributed by atoms with Crippen LogP contribution in [0.25, 0.3) is 0 Å². The Labute approximate surface area is 113 Å². The largest absolute Gasteiger partial charge is 0.349 e. The third-order valence-corrected chi connectivity index (χ3v) is 4.43. The van der Waals surface area contributed by atoms with Crippen LogP contribution in [-0.2, 0) is 0 Å². The van der Waals surface area contributed by atoms with Gasteiger partial charge >= 0.3 is 0 Å². The molecule has 1 aromatic carbocycles. The van der Waals surface area contributed by atoms with Gasteiger partial charge in [0.05, 0.1) is 11.3 Å². The summed E-state index contributed by atoms with van der Waals surface area (Å²) < 4.78 is 0. The molecule has 3 aliphatic rings. The van der Waals surface area contributed by atoms with Crippen molar-refractivity contribution in [3.63, 3.8) is 0 Å². The van der Waals surface area contributed by atoms with Gasteiger partial charge in [-0.05, 0) is 43.4 Å². The molecule has 0 aromatic heterocycles. The number of carbonyl (C=O) groups is 1. The second-order valence-corrected chi connectivity index (χ2v) is 5.74. The Morgan fingerprint density at radius 2 is 2.05 bits per heavy atom. The van der Waals surface area contributed by atoms with Gasteiger partial charge in [-0.2, -0.15) is 0 Å². The van der Waals surface area contributed by atoms with E-state index in [1.807, 2.05) is 0 Å². The standard InChI is InChI=1S/C15H19N3O/c19-15-14-11(10-4-5-10)2-1-3-12(14)18-9-8-16-7-6-13(18)17-15/h1-3,10,13,16H,4-9H2,(H,17,19)/t13-/m0/s1. The van der Waals surface area contributed by atoms with Crippen LogP contribution in [-0.4, -0.2) is 31.7 Å². The van der Waals surface area contributed by atoms with E-state index in [0.717, 1.165) is 37.3 Å². The van der Waals surface area contributed by atoms with Gasteiger partial charge in [0.15, 0.2) is 0 Å². The molecule has 2 heterocycles. The zero-order chi connectivity index (χ0) is 12.8. The first-order valence-corrected chi connectivity index (χ1v) is 7.26. The summed E-state index contributed by atoms with van der Waals surface area (Å²) in [6.07, 6.45) is 3.59. The molecule has 1 aromatic rings. The van der Waals surface area contributed by atoms with Crippen molar-refractivity contribution in [2.45, 2.75) is 31.3 Å². The van der Waals surface area contributed by atoms with Crippen LogP contribution >= 0.6 is 0 Å². The smallest absolute Gasteiger partial charge is 0.255 e. The fourth-order valence-electron chi connectivity index (χ4n) is 3.32. The molecule has 0 spiro atoms. The molecule has 4 heteroatoms. The van der Waals surface area contributed by atoms with E-state index in [2.05, 4.69) is 33.7 Å². The maximum atomic E-state index is 12.4. The van der Waals surface area contributed by atoms with E-state index >= 15 is 0 Å². The number of benzene rings is 1. The summed E-state index contributed by atoms with van der Waals surface area (Å²) in [6, 6.07) is 6.35. The van der Waals surface area contributed by atoms with Crippen LogP contribution in [0.2, 0.25) is 0 Å². The number of hydrogen-bond acceptors (Lipinski definition) is 3. The molecule has 1 saturated heterocycles. The van der Waals surface area contributed by atoms with Crippen LogP contribution in [0.3, 0.4) is 0 Å². The zero-order valence-electron chi connectivity index (χ0n) is 11.0. The molecule has 1 aliphatic carbocycles. The molecule has 1 atom stereocenters. The van der Waals surface area contributed by atoms with Gasteiger partial charge in [-0.3, -0.25) is 4.79 Å². The molecular weight excluding hydrogens is 238 g/mol. The highest BCUT2D eigenvalue weighted by Crippen LogP contribution is 2.44. The second kappa shape index (κ2) is 4.23. The molecule has 1 saturated carbocycles. The first-order valence-electron chi connectivity index (χ1n) is 7.26. The Bertz CT molecular complexity index is 524. The van der Waals surface area contributed by atoms with Crippen molar-refractivity contribution < 1.29 is 4.79 Å². The first kappa shape index (κ1) is 11.3. The topological polar surface area (TPSA) is 44.4 Å². The highest BCUT2D eigenvalue weighted by Gasteiger charge is 2.36. The van der Waals surface area contributed by atoms with E-state index < -0.39 is 0 Å². The highest BCUT2D eigenvalue weighted by molar-refractivity contribution is 6.03. The number of rotatable bonds is 1. The molecule has 0 bridgehead atoms. The van der Waals surface area contributed by atoms with Crippen molar-refractivity contribution >= 4 is 11.6 Å². The number of nitrogens with zero attached hydrogens (tertiary/aromatic N) is 1. The summed E-state index contributed by atoms with van der Waals surface area (Å²) in [5.74, 6) is 0.739. The summed E-state index contributed by atoms with van der Waals surface area (Å²) in [6.45, 7) is 2.92. The quantitative estimate of drug-likeness (QED) is 0.800. The number of amides is 1. The van der Waals surface area contributed by atoms with Gasteiger partial charge in [0, 0.05) is 13.1 Å². The summed E-state index contributed by atoms with van der Waals surface area (Å²) in [5, 5.41) is 6.59. The Morgan fingerprint density at radius 1 is 1.16 bits per heavy atom. The van der Waals surface area contributed by atoms with Crippen LogP contribution in [0, 0.1) is 0 Å². The highest BCUT2D eigenvalue weighted by atomic mass is 16.2. The van der Waals surface area contributed by atoms with E-state index in [9.17, 15) is 4.79 Å². The molecular formula is C15H19N3O. The fraction of sp³-hybridized carbons (Fsp3) is 0.533. The van der Waals surface area contributed by atoms with Crippen molar-refractivity contribution in [3.8, 4) is 0 Å². The molecule has 2 N–H and O–H groups in total. The average molecular weight is 257 g/mol. The van der Waals surface area contributed by atoms with E-state index in [1.165, 1.54) is 18.4 Å². The number of hydrogen-bond donors (Lipinski definition) is 2. The molecule has 100 valence electrons. The Morgan fingerprint density at radius 3 is 2.89 bits per heavy atom. The predicted molar refractivity (Wildman–Crippen MR) is 74.5 cm³/mol. The first-order chi connectivity index (χ1) is 9.34. The molecule has 4 rings (SSSR count). The van der Waals surface area contributed by atoms with Crippen molar-refractivity contribution in [2.75, 3.05) is 24.5 Å². The van der Waals surface area contributed by atoms with E-state index in [0.29, 0.717) is 5.92 Å². The van der Waals surface area contributed by atoms with Crippen molar-refractivity contribution in [1.29, 1.82) is 0 Å². The van der Waals surface area contributed by atoms with Crippen LogP contribution in [0.5, 0.6) is 0 Å².